The Morgan fingerprint density at radius 3 is 1.49 bits per heavy atom. The van der Waals surface area contributed by atoms with Gasteiger partial charge in [-0.15, -0.1) is 0 Å². The maximum Gasteiger partial charge on any atom is -0.00197 e. The van der Waals surface area contributed by atoms with Gasteiger partial charge in [-0.2, -0.15) is 0 Å². The molecule has 0 aromatic heterocycles. The molecule has 0 heterocycles. The lowest BCUT2D eigenvalue weighted by Crippen LogP contribution is -2.20. The van der Waals surface area contributed by atoms with Crippen molar-refractivity contribution in [3.05, 3.63) is 176 Å². The zero-order valence-electron chi connectivity index (χ0n) is 25.7. The van der Waals surface area contributed by atoms with Crippen molar-refractivity contribution in [3.63, 3.8) is 0 Å². The molecular weight excluding hydrogens is 583 g/mol. The van der Waals surface area contributed by atoms with Crippen LogP contribution >= 0.6 is 7.92 Å². The lowest BCUT2D eigenvalue weighted by atomic mass is 9.88. The lowest BCUT2D eigenvalue weighted by Gasteiger charge is -2.20. The predicted molar refractivity (Wildman–Crippen MR) is 205 cm³/mol. The predicted octanol–water partition coefficient (Wildman–Crippen LogP) is 11.4. The van der Waals surface area contributed by atoms with Gasteiger partial charge in [-0.1, -0.05) is 164 Å². The molecule has 0 fully saturated rings. The monoisotopic (exact) mass is 612 g/mol. The van der Waals surface area contributed by atoms with Crippen LogP contribution < -0.4 is 15.9 Å². The average Bonchev–Trinajstić information content (AvgIpc) is 3.47. The van der Waals surface area contributed by atoms with Gasteiger partial charge in [-0.3, -0.25) is 0 Å². The van der Waals surface area contributed by atoms with Crippen LogP contribution in [0.15, 0.2) is 176 Å². The van der Waals surface area contributed by atoms with E-state index < -0.39 is 7.92 Å². The van der Waals surface area contributed by atoms with Gasteiger partial charge in [-0.05, 0) is 112 Å². The van der Waals surface area contributed by atoms with Crippen LogP contribution in [0.1, 0.15) is 0 Å². The van der Waals surface area contributed by atoms with Crippen molar-refractivity contribution in [1.82, 2.24) is 0 Å². The highest BCUT2D eigenvalue weighted by Gasteiger charge is 2.24. The minimum absolute atomic E-state index is 0.634. The van der Waals surface area contributed by atoms with E-state index in [1.165, 1.54) is 92.4 Å². The Labute approximate surface area is 275 Å². The topological polar surface area (TPSA) is 0 Å². The zero-order chi connectivity index (χ0) is 30.9. The number of rotatable bonds is 4. The summed E-state index contributed by atoms with van der Waals surface area (Å²) in [6, 6.07) is 65.4. The van der Waals surface area contributed by atoms with Gasteiger partial charge in [0.2, 0.25) is 0 Å². The molecule has 47 heavy (non-hydrogen) atoms. The van der Waals surface area contributed by atoms with Gasteiger partial charge in [-0.25, -0.2) is 0 Å². The number of benzene rings is 9. The number of fused-ring (bicyclic) bond motifs is 10. The normalized spacial score (nSPS) is 12.0. The second kappa shape index (κ2) is 10.5. The van der Waals surface area contributed by atoms with Crippen molar-refractivity contribution >= 4 is 66.9 Å². The van der Waals surface area contributed by atoms with Crippen molar-refractivity contribution in [2.75, 3.05) is 0 Å². The lowest BCUT2D eigenvalue weighted by molar-refractivity contribution is 1.68. The van der Waals surface area contributed by atoms with E-state index in [4.69, 9.17) is 0 Å². The van der Waals surface area contributed by atoms with Crippen molar-refractivity contribution in [2.24, 2.45) is 0 Å². The highest BCUT2D eigenvalue weighted by molar-refractivity contribution is 7.79. The maximum absolute atomic E-state index is 2.46. The average molecular weight is 613 g/mol. The molecule has 218 valence electrons. The quantitative estimate of drug-likeness (QED) is 0.137. The van der Waals surface area contributed by atoms with E-state index in [1.807, 2.05) is 0 Å². The van der Waals surface area contributed by atoms with Gasteiger partial charge in [0.15, 0.2) is 0 Å². The minimum atomic E-state index is -0.634. The van der Waals surface area contributed by atoms with Crippen LogP contribution in [0.3, 0.4) is 0 Å². The first-order chi connectivity index (χ1) is 23.3. The molecule has 0 amide bonds. The first-order valence-corrected chi connectivity index (χ1v) is 17.6. The number of hydrogen-bond acceptors (Lipinski definition) is 0. The Kier molecular flexibility index (Phi) is 5.95. The van der Waals surface area contributed by atoms with E-state index in [1.54, 1.807) is 0 Å². The van der Waals surface area contributed by atoms with Crippen LogP contribution in [0.2, 0.25) is 0 Å². The van der Waals surface area contributed by atoms with Gasteiger partial charge >= 0.3 is 0 Å². The second-order valence-electron chi connectivity index (χ2n) is 12.5. The third kappa shape index (κ3) is 4.05. The van der Waals surface area contributed by atoms with Gasteiger partial charge < -0.3 is 0 Å². The molecule has 0 saturated heterocycles. The van der Waals surface area contributed by atoms with Crippen LogP contribution in [0, 0.1) is 0 Å². The standard InChI is InChI=1S/C46H29P/c1-3-12-32(13-4-1)47(33-14-5-2-6-15-33)34-25-22-30(23-26-34)31-24-27-40-42(28-31)36-17-8-10-19-38(36)44-29-43-37-18-9-7-16-35(37)39-20-11-21-41(45(39)43)46(40)44/h1-29H. The summed E-state index contributed by atoms with van der Waals surface area (Å²) in [5, 5.41) is 14.8. The molecule has 1 heteroatoms. The van der Waals surface area contributed by atoms with Gasteiger partial charge in [0.05, 0.1) is 0 Å². The van der Waals surface area contributed by atoms with E-state index in [-0.39, 0.29) is 0 Å². The molecule has 0 spiro atoms. The fourth-order valence-corrected chi connectivity index (χ4v) is 10.2. The van der Waals surface area contributed by atoms with Crippen molar-refractivity contribution < 1.29 is 0 Å². The summed E-state index contributed by atoms with van der Waals surface area (Å²) < 4.78 is 0. The summed E-state index contributed by atoms with van der Waals surface area (Å²) in [5.41, 5.74) is 7.87. The highest BCUT2D eigenvalue weighted by atomic mass is 31.1. The summed E-state index contributed by atoms with van der Waals surface area (Å²) in [4.78, 5) is 0. The molecule has 0 unspecified atom stereocenters. The largest absolute Gasteiger partial charge is 0.0622 e. The molecule has 10 rings (SSSR count). The van der Waals surface area contributed by atoms with Crippen molar-refractivity contribution in [3.8, 4) is 33.4 Å². The van der Waals surface area contributed by atoms with E-state index in [2.05, 4.69) is 176 Å². The van der Waals surface area contributed by atoms with Gasteiger partial charge in [0.25, 0.3) is 0 Å². The molecule has 9 aromatic rings. The SMILES string of the molecule is c1ccc(P(c2ccccc2)c2ccc(-c3ccc4c(c3)c3ccccc3c3cc5c6c(cccc6c43)-c3ccccc3-5)cc2)cc1. The smallest absolute Gasteiger partial charge is 0.00197 e. The summed E-state index contributed by atoms with van der Waals surface area (Å²) in [5.74, 6) is 0. The summed E-state index contributed by atoms with van der Waals surface area (Å²) in [7, 11) is -0.634. The Morgan fingerprint density at radius 1 is 0.255 bits per heavy atom. The van der Waals surface area contributed by atoms with E-state index >= 15 is 0 Å². The second-order valence-corrected chi connectivity index (χ2v) is 14.7. The molecule has 0 N–H and O–H groups in total. The molecule has 0 bridgehead atoms. The van der Waals surface area contributed by atoms with E-state index in [9.17, 15) is 0 Å². The van der Waals surface area contributed by atoms with E-state index in [0.717, 1.165) is 0 Å². The first-order valence-electron chi connectivity index (χ1n) is 16.3. The molecule has 1 aliphatic carbocycles. The fourth-order valence-electron chi connectivity index (χ4n) is 7.90. The highest BCUT2D eigenvalue weighted by Crippen LogP contribution is 2.51. The third-order valence-electron chi connectivity index (χ3n) is 9.95. The van der Waals surface area contributed by atoms with Gasteiger partial charge in [0, 0.05) is 0 Å². The summed E-state index contributed by atoms with van der Waals surface area (Å²) in [6.07, 6.45) is 0. The first kappa shape index (κ1) is 26.6. The third-order valence-corrected chi connectivity index (χ3v) is 12.4. The number of hydrogen-bond donors (Lipinski definition) is 0. The van der Waals surface area contributed by atoms with Crippen LogP contribution in [-0.2, 0) is 0 Å². The summed E-state index contributed by atoms with van der Waals surface area (Å²) in [6.45, 7) is 0. The van der Waals surface area contributed by atoms with Gasteiger partial charge in [0.1, 0.15) is 0 Å². The molecule has 9 aromatic carbocycles. The molecule has 0 saturated carbocycles. The van der Waals surface area contributed by atoms with Crippen LogP contribution in [-0.4, -0.2) is 0 Å². The molecule has 0 aliphatic heterocycles. The Balaban J connectivity index is 1.17. The molecule has 0 nitrogen and oxygen atoms in total. The summed E-state index contributed by atoms with van der Waals surface area (Å²) >= 11 is 0. The molecule has 1 aliphatic rings. The van der Waals surface area contributed by atoms with E-state index in [0.29, 0.717) is 0 Å². The molecular formula is C46H29P. The zero-order valence-corrected chi connectivity index (χ0v) is 26.6. The maximum atomic E-state index is 2.46. The molecule has 0 atom stereocenters. The Bertz CT molecular complexity index is 2610. The Morgan fingerprint density at radius 2 is 0.787 bits per heavy atom. The van der Waals surface area contributed by atoms with Crippen molar-refractivity contribution in [2.45, 2.75) is 0 Å². The van der Waals surface area contributed by atoms with Crippen LogP contribution in [0.4, 0.5) is 0 Å². The van der Waals surface area contributed by atoms with Crippen LogP contribution in [0.5, 0.6) is 0 Å². The fraction of sp³-hybridized carbons (Fsp3) is 0. The minimum Gasteiger partial charge on any atom is -0.0622 e. The van der Waals surface area contributed by atoms with Crippen LogP contribution in [0.25, 0.3) is 76.5 Å². The molecule has 0 radical (unpaired) electrons. The Hall–Kier alpha value is -5.55. The van der Waals surface area contributed by atoms with Crippen molar-refractivity contribution in [1.29, 1.82) is 0 Å².